The second kappa shape index (κ2) is 7.10. The lowest BCUT2D eigenvalue weighted by Gasteiger charge is -2.35. The van der Waals surface area contributed by atoms with Crippen LogP contribution in [-0.4, -0.2) is 27.5 Å². The second-order valence-corrected chi connectivity index (χ2v) is 6.35. The van der Waals surface area contributed by atoms with Crippen molar-refractivity contribution in [3.05, 3.63) is 53.6 Å². The molecule has 1 aromatic heterocycles. The molecule has 3 rings (SSSR count). The third kappa shape index (κ3) is 3.41. The maximum absolute atomic E-state index is 4.65. The van der Waals surface area contributed by atoms with Crippen molar-refractivity contribution in [2.75, 3.05) is 13.1 Å². The lowest BCUT2D eigenvalue weighted by molar-refractivity contribution is 0.140. The van der Waals surface area contributed by atoms with E-state index >= 15 is 0 Å². The number of nitrogens with zero attached hydrogens (tertiary/aromatic N) is 3. The summed E-state index contributed by atoms with van der Waals surface area (Å²) in [5.74, 6) is 1.26. The van der Waals surface area contributed by atoms with E-state index in [1.54, 1.807) is 0 Å². The van der Waals surface area contributed by atoms with Gasteiger partial charge in [-0.15, -0.1) is 0 Å². The van der Waals surface area contributed by atoms with Crippen LogP contribution in [0.3, 0.4) is 0 Å². The Morgan fingerprint density at radius 3 is 2.77 bits per heavy atom. The van der Waals surface area contributed by atoms with Crippen LogP contribution >= 0.6 is 0 Å². The molecule has 2 aromatic rings. The van der Waals surface area contributed by atoms with Crippen molar-refractivity contribution in [1.82, 2.24) is 14.5 Å². The lowest BCUT2D eigenvalue weighted by atomic mass is 10.00. The largest absolute Gasteiger partial charge is 0.334 e. The Hall–Kier alpha value is -1.61. The first kappa shape index (κ1) is 15.3. The molecule has 1 aliphatic rings. The maximum Gasteiger partial charge on any atom is 0.126 e. The van der Waals surface area contributed by atoms with Crippen LogP contribution in [0.15, 0.2) is 36.7 Å². The number of benzene rings is 1. The molecule has 0 radical (unpaired) electrons. The molecular formula is C19H27N3. The van der Waals surface area contributed by atoms with Gasteiger partial charge in [0.25, 0.3) is 0 Å². The number of hydrogen-bond acceptors (Lipinski definition) is 2. The Kier molecular flexibility index (Phi) is 4.94. The molecular weight excluding hydrogens is 270 g/mol. The number of rotatable bonds is 5. The van der Waals surface area contributed by atoms with Crippen molar-refractivity contribution in [2.24, 2.45) is 0 Å². The van der Waals surface area contributed by atoms with Gasteiger partial charge in [-0.25, -0.2) is 4.98 Å². The number of imidazole rings is 1. The predicted octanol–water partition coefficient (Wildman–Crippen LogP) is 3.98. The van der Waals surface area contributed by atoms with E-state index in [4.69, 9.17) is 0 Å². The van der Waals surface area contributed by atoms with Crippen molar-refractivity contribution >= 4 is 0 Å². The zero-order valence-corrected chi connectivity index (χ0v) is 13.8. The van der Waals surface area contributed by atoms with Gasteiger partial charge in [0.1, 0.15) is 5.82 Å². The molecule has 0 aliphatic carbocycles. The molecule has 1 atom stereocenters. The van der Waals surface area contributed by atoms with Crippen molar-refractivity contribution < 1.29 is 0 Å². The first-order valence-corrected chi connectivity index (χ1v) is 8.58. The van der Waals surface area contributed by atoms with Crippen molar-refractivity contribution in [3.63, 3.8) is 0 Å². The molecule has 3 heteroatoms. The Morgan fingerprint density at radius 1 is 1.18 bits per heavy atom. The minimum absolute atomic E-state index is 0.495. The first-order valence-electron chi connectivity index (χ1n) is 8.58. The van der Waals surface area contributed by atoms with Crippen LogP contribution in [0.1, 0.15) is 49.2 Å². The average Bonchev–Trinajstić information content (AvgIpc) is 3.03. The molecule has 1 saturated heterocycles. The number of aromatic nitrogens is 2. The second-order valence-electron chi connectivity index (χ2n) is 6.35. The van der Waals surface area contributed by atoms with Crippen LogP contribution in [0.25, 0.3) is 0 Å². The van der Waals surface area contributed by atoms with Crippen molar-refractivity contribution in [2.45, 2.75) is 52.1 Å². The fraction of sp³-hybridized carbons (Fsp3) is 0.526. The van der Waals surface area contributed by atoms with E-state index in [1.165, 1.54) is 42.8 Å². The fourth-order valence-electron chi connectivity index (χ4n) is 3.46. The van der Waals surface area contributed by atoms with Gasteiger partial charge < -0.3 is 4.57 Å². The summed E-state index contributed by atoms with van der Waals surface area (Å²) in [6.45, 7) is 7.69. The van der Waals surface area contributed by atoms with Crippen LogP contribution < -0.4 is 0 Å². The molecule has 1 fully saturated rings. The summed E-state index contributed by atoms with van der Waals surface area (Å²) in [5.41, 5.74) is 2.78. The topological polar surface area (TPSA) is 21.1 Å². The number of likely N-dealkylation sites (tertiary alicyclic amines) is 1. The maximum atomic E-state index is 4.65. The molecule has 0 bridgehead atoms. The molecule has 0 N–H and O–H groups in total. The Balaban J connectivity index is 1.69. The van der Waals surface area contributed by atoms with Gasteiger partial charge in [0.05, 0.1) is 6.04 Å². The SMILES string of the molecule is CCn1ccnc1[C@H]1CCCCN1CCc1ccc(C)cc1. The fourth-order valence-corrected chi connectivity index (χ4v) is 3.46. The van der Waals surface area contributed by atoms with Gasteiger partial charge in [0.2, 0.25) is 0 Å². The Bertz CT molecular complexity index is 585. The number of hydrogen-bond donors (Lipinski definition) is 0. The highest BCUT2D eigenvalue weighted by Gasteiger charge is 2.26. The standard InChI is InChI=1S/C19H27N3/c1-3-21-15-12-20-19(21)18-6-4-5-13-22(18)14-11-17-9-7-16(2)8-10-17/h7-10,12,15,18H,3-6,11,13-14H2,1-2H3/t18-/m1/s1. The van der Waals surface area contributed by atoms with Gasteiger partial charge in [-0.2, -0.15) is 0 Å². The molecule has 0 unspecified atom stereocenters. The van der Waals surface area contributed by atoms with Crippen LogP contribution in [0.4, 0.5) is 0 Å². The van der Waals surface area contributed by atoms with E-state index in [0.717, 1.165) is 19.5 Å². The number of aryl methyl sites for hydroxylation is 2. The molecule has 22 heavy (non-hydrogen) atoms. The summed E-state index contributed by atoms with van der Waals surface area (Å²) in [7, 11) is 0. The zero-order chi connectivity index (χ0) is 15.4. The highest BCUT2D eigenvalue weighted by atomic mass is 15.2. The normalized spacial score (nSPS) is 19.5. The summed E-state index contributed by atoms with van der Waals surface area (Å²) in [6.07, 6.45) is 9.07. The van der Waals surface area contributed by atoms with E-state index in [9.17, 15) is 0 Å². The lowest BCUT2D eigenvalue weighted by Crippen LogP contribution is -2.36. The predicted molar refractivity (Wildman–Crippen MR) is 90.9 cm³/mol. The third-order valence-electron chi connectivity index (χ3n) is 4.81. The molecule has 118 valence electrons. The minimum atomic E-state index is 0.495. The average molecular weight is 297 g/mol. The third-order valence-corrected chi connectivity index (χ3v) is 4.81. The van der Waals surface area contributed by atoms with Gasteiger partial charge >= 0.3 is 0 Å². The molecule has 0 saturated carbocycles. The van der Waals surface area contributed by atoms with Crippen molar-refractivity contribution in [3.8, 4) is 0 Å². The van der Waals surface area contributed by atoms with Gasteiger partial charge in [-0.1, -0.05) is 36.2 Å². The van der Waals surface area contributed by atoms with Gasteiger partial charge in [0, 0.05) is 25.5 Å². The summed E-state index contributed by atoms with van der Waals surface area (Å²) in [5, 5.41) is 0. The zero-order valence-electron chi connectivity index (χ0n) is 13.8. The van der Waals surface area contributed by atoms with E-state index in [0.29, 0.717) is 6.04 Å². The number of piperidine rings is 1. The van der Waals surface area contributed by atoms with E-state index in [1.807, 2.05) is 6.20 Å². The summed E-state index contributed by atoms with van der Waals surface area (Å²) < 4.78 is 2.30. The molecule has 2 heterocycles. The van der Waals surface area contributed by atoms with E-state index < -0.39 is 0 Å². The van der Waals surface area contributed by atoms with Crippen LogP contribution in [0, 0.1) is 6.92 Å². The van der Waals surface area contributed by atoms with E-state index in [2.05, 4.69) is 58.8 Å². The highest BCUT2D eigenvalue weighted by molar-refractivity contribution is 5.21. The van der Waals surface area contributed by atoms with Crippen LogP contribution in [0.2, 0.25) is 0 Å². The molecule has 3 nitrogen and oxygen atoms in total. The summed E-state index contributed by atoms with van der Waals surface area (Å²) in [6, 6.07) is 9.46. The molecule has 1 aromatic carbocycles. The van der Waals surface area contributed by atoms with Gasteiger partial charge in [0.15, 0.2) is 0 Å². The van der Waals surface area contributed by atoms with Crippen molar-refractivity contribution in [1.29, 1.82) is 0 Å². The first-order chi connectivity index (χ1) is 10.8. The quantitative estimate of drug-likeness (QED) is 0.832. The molecule has 0 spiro atoms. The summed E-state index contributed by atoms with van der Waals surface area (Å²) >= 11 is 0. The molecule has 0 amide bonds. The summed E-state index contributed by atoms with van der Waals surface area (Å²) in [4.78, 5) is 7.29. The van der Waals surface area contributed by atoms with Crippen LogP contribution in [0.5, 0.6) is 0 Å². The van der Waals surface area contributed by atoms with Crippen LogP contribution in [-0.2, 0) is 13.0 Å². The van der Waals surface area contributed by atoms with Gasteiger partial charge in [-0.3, -0.25) is 4.90 Å². The molecule has 1 aliphatic heterocycles. The van der Waals surface area contributed by atoms with E-state index in [-0.39, 0.29) is 0 Å². The van der Waals surface area contributed by atoms with Gasteiger partial charge in [-0.05, 0) is 45.2 Å². The smallest absolute Gasteiger partial charge is 0.126 e. The Labute approximate surface area is 134 Å². The minimum Gasteiger partial charge on any atom is -0.334 e. The Morgan fingerprint density at radius 2 is 2.00 bits per heavy atom. The highest BCUT2D eigenvalue weighted by Crippen LogP contribution is 2.30. The monoisotopic (exact) mass is 297 g/mol.